The molecule has 0 amide bonds. The van der Waals surface area contributed by atoms with Crippen LogP contribution in [0, 0.1) is 0 Å². The van der Waals surface area contributed by atoms with Crippen LogP contribution in [0.1, 0.15) is 0 Å². The molecule has 1 heterocycles. The fourth-order valence-corrected chi connectivity index (χ4v) is 3.22. The smallest absolute Gasteiger partial charge is 0.211 e. The van der Waals surface area contributed by atoms with Crippen LogP contribution >= 0.6 is 23.2 Å². The lowest BCUT2D eigenvalue weighted by molar-refractivity contribution is 0.388. The van der Waals surface area contributed by atoms with Gasteiger partial charge in [0.2, 0.25) is 10.0 Å². The molecule has 1 aromatic carbocycles. The lowest BCUT2D eigenvalue weighted by atomic mass is 10.2. The number of hydrogen-bond donors (Lipinski definition) is 0. The monoisotopic (exact) mass is 308 g/mol. The van der Waals surface area contributed by atoms with E-state index in [4.69, 9.17) is 23.2 Å². The van der Waals surface area contributed by atoms with E-state index in [-0.39, 0.29) is 0 Å². The fraction of sp³-hybridized carbons (Fsp3) is 0.455. The van der Waals surface area contributed by atoms with Crippen LogP contribution in [0.15, 0.2) is 18.2 Å². The molecule has 1 fully saturated rings. The van der Waals surface area contributed by atoms with Gasteiger partial charge in [-0.05, 0) is 18.2 Å². The molecule has 0 atom stereocenters. The molecule has 0 bridgehead atoms. The SMILES string of the molecule is CS(=O)(=O)N1CCN(c2cc(Cl)ccc2Cl)CC1. The second-order valence-corrected chi connectivity index (χ2v) is 7.07. The van der Waals surface area contributed by atoms with E-state index < -0.39 is 10.0 Å². The lowest BCUT2D eigenvalue weighted by Crippen LogP contribution is -2.48. The highest BCUT2D eigenvalue weighted by molar-refractivity contribution is 7.88. The molecule has 100 valence electrons. The normalized spacial score (nSPS) is 18.1. The highest BCUT2D eigenvalue weighted by Crippen LogP contribution is 2.29. The summed E-state index contributed by atoms with van der Waals surface area (Å²) >= 11 is 12.1. The molecular formula is C11H14Cl2N2O2S. The van der Waals surface area contributed by atoms with Gasteiger partial charge in [0.15, 0.2) is 0 Å². The first-order valence-corrected chi connectivity index (χ1v) is 8.13. The minimum atomic E-state index is -3.10. The second kappa shape index (κ2) is 5.25. The number of benzene rings is 1. The van der Waals surface area contributed by atoms with E-state index in [9.17, 15) is 8.42 Å². The van der Waals surface area contributed by atoms with Gasteiger partial charge in [0.05, 0.1) is 17.0 Å². The van der Waals surface area contributed by atoms with Crippen molar-refractivity contribution in [2.24, 2.45) is 0 Å². The van der Waals surface area contributed by atoms with Crippen molar-refractivity contribution in [1.29, 1.82) is 0 Å². The van der Waals surface area contributed by atoms with Gasteiger partial charge in [-0.1, -0.05) is 23.2 Å². The average molecular weight is 309 g/mol. The van der Waals surface area contributed by atoms with E-state index in [1.54, 1.807) is 18.2 Å². The Morgan fingerprint density at radius 1 is 1.11 bits per heavy atom. The minimum absolute atomic E-state index is 0.474. The number of piperazine rings is 1. The van der Waals surface area contributed by atoms with Gasteiger partial charge in [0, 0.05) is 31.2 Å². The molecule has 0 unspecified atom stereocenters. The summed E-state index contributed by atoms with van der Waals surface area (Å²) in [5.74, 6) is 0. The molecule has 0 radical (unpaired) electrons. The van der Waals surface area contributed by atoms with Crippen LogP contribution in [0.4, 0.5) is 5.69 Å². The standard InChI is InChI=1S/C11H14Cl2N2O2S/c1-18(16,17)15-6-4-14(5-7-15)11-8-9(12)2-3-10(11)13/h2-3,8H,4-7H2,1H3. The predicted octanol–water partition coefficient (Wildman–Crippen LogP) is 2.07. The number of rotatable bonds is 2. The molecule has 0 aromatic heterocycles. The van der Waals surface area contributed by atoms with E-state index in [0.29, 0.717) is 36.2 Å². The summed E-state index contributed by atoms with van der Waals surface area (Å²) in [6, 6.07) is 5.29. The van der Waals surface area contributed by atoms with Crippen LogP contribution in [-0.4, -0.2) is 45.2 Å². The van der Waals surface area contributed by atoms with E-state index in [1.165, 1.54) is 10.6 Å². The molecule has 1 aromatic rings. The Kier molecular flexibility index (Phi) is 4.06. The minimum Gasteiger partial charge on any atom is -0.368 e. The Hall–Kier alpha value is -0.490. The maximum absolute atomic E-state index is 11.4. The zero-order chi connectivity index (χ0) is 13.3. The van der Waals surface area contributed by atoms with Gasteiger partial charge in [-0.2, -0.15) is 4.31 Å². The van der Waals surface area contributed by atoms with Gasteiger partial charge >= 0.3 is 0 Å². The van der Waals surface area contributed by atoms with Crippen molar-refractivity contribution >= 4 is 38.9 Å². The molecule has 4 nitrogen and oxygen atoms in total. The zero-order valence-corrected chi connectivity index (χ0v) is 12.3. The van der Waals surface area contributed by atoms with Crippen molar-refractivity contribution < 1.29 is 8.42 Å². The Morgan fingerprint density at radius 2 is 1.72 bits per heavy atom. The topological polar surface area (TPSA) is 40.6 Å². The Balaban J connectivity index is 2.12. The largest absolute Gasteiger partial charge is 0.368 e. The summed E-state index contributed by atoms with van der Waals surface area (Å²) in [7, 11) is -3.10. The van der Waals surface area contributed by atoms with Crippen LogP contribution in [0.5, 0.6) is 0 Å². The summed E-state index contributed by atoms with van der Waals surface area (Å²) in [5, 5.41) is 1.26. The third-order valence-electron chi connectivity index (χ3n) is 2.96. The number of anilines is 1. The molecule has 0 saturated carbocycles. The number of sulfonamides is 1. The molecule has 0 N–H and O–H groups in total. The van der Waals surface area contributed by atoms with Crippen molar-refractivity contribution in [2.75, 3.05) is 37.3 Å². The van der Waals surface area contributed by atoms with Crippen LogP contribution in [0.3, 0.4) is 0 Å². The van der Waals surface area contributed by atoms with Crippen molar-refractivity contribution in [3.8, 4) is 0 Å². The molecule has 2 rings (SSSR count). The first-order valence-electron chi connectivity index (χ1n) is 5.53. The highest BCUT2D eigenvalue weighted by atomic mass is 35.5. The van der Waals surface area contributed by atoms with Gasteiger partial charge in [-0.25, -0.2) is 8.42 Å². The van der Waals surface area contributed by atoms with E-state index >= 15 is 0 Å². The molecule has 0 aliphatic carbocycles. The molecule has 1 aliphatic heterocycles. The Labute approximate surface area is 117 Å². The van der Waals surface area contributed by atoms with E-state index in [2.05, 4.69) is 4.90 Å². The maximum atomic E-state index is 11.4. The number of nitrogens with zero attached hydrogens (tertiary/aromatic N) is 2. The Morgan fingerprint density at radius 3 is 2.28 bits per heavy atom. The zero-order valence-electron chi connectivity index (χ0n) is 9.94. The number of halogens is 2. The molecular weight excluding hydrogens is 295 g/mol. The second-order valence-electron chi connectivity index (χ2n) is 4.24. The van der Waals surface area contributed by atoms with E-state index in [1.807, 2.05) is 0 Å². The molecule has 1 saturated heterocycles. The van der Waals surface area contributed by atoms with E-state index in [0.717, 1.165) is 5.69 Å². The molecule has 0 spiro atoms. The van der Waals surface area contributed by atoms with Gasteiger partial charge in [0.1, 0.15) is 0 Å². The van der Waals surface area contributed by atoms with Gasteiger partial charge in [-0.3, -0.25) is 0 Å². The van der Waals surface area contributed by atoms with Crippen LogP contribution in [0.25, 0.3) is 0 Å². The first kappa shape index (κ1) is 13.9. The van der Waals surface area contributed by atoms with Crippen molar-refractivity contribution in [1.82, 2.24) is 4.31 Å². The van der Waals surface area contributed by atoms with Crippen molar-refractivity contribution in [2.45, 2.75) is 0 Å². The maximum Gasteiger partial charge on any atom is 0.211 e. The van der Waals surface area contributed by atoms with Gasteiger partial charge in [0.25, 0.3) is 0 Å². The van der Waals surface area contributed by atoms with Crippen molar-refractivity contribution in [3.63, 3.8) is 0 Å². The molecule has 7 heteroatoms. The van der Waals surface area contributed by atoms with Gasteiger partial charge in [-0.15, -0.1) is 0 Å². The Bertz CT molecular complexity index is 540. The third-order valence-corrected chi connectivity index (χ3v) is 4.81. The summed E-state index contributed by atoms with van der Waals surface area (Å²) in [4.78, 5) is 2.05. The van der Waals surface area contributed by atoms with Crippen LogP contribution in [0.2, 0.25) is 10.0 Å². The first-order chi connectivity index (χ1) is 8.38. The molecule has 1 aliphatic rings. The fourth-order valence-electron chi connectivity index (χ4n) is 1.99. The number of hydrogen-bond acceptors (Lipinski definition) is 3. The summed E-state index contributed by atoms with van der Waals surface area (Å²) < 4.78 is 24.3. The van der Waals surface area contributed by atoms with Gasteiger partial charge < -0.3 is 4.90 Å². The summed E-state index contributed by atoms with van der Waals surface area (Å²) in [6.07, 6.45) is 1.23. The summed E-state index contributed by atoms with van der Waals surface area (Å²) in [5.41, 5.74) is 0.859. The van der Waals surface area contributed by atoms with Crippen LogP contribution < -0.4 is 4.90 Å². The predicted molar refractivity (Wildman–Crippen MR) is 75.1 cm³/mol. The highest BCUT2D eigenvalue weighted by Gasteiger charge is 2.24. The third kappa shape index (κ3) is 3.09. The quantitative estimate of drug-likeness (QED) is 0.840. The molecule has 18 heavy (non-hydrogen) atoms. The van der Waals surface area contributed by atoms with Crippen molar-refractivity contribution in [3.05, 3.63) is 28.2 Å². The summed E-state index contributed by atoms with van der Waals surface area (Å²) in [6.45, 7) is 2.18. The average Bonchev–Trinajstić information content (AvgIpc) is 2.31. The van der Waals surface area contributed by atoms with Crippen LogP contribution in [-0.2, 0) is 10.0 Å². The lowest BCUT2D eigenvalue weighted by Gasteiger charge is -2.35.